The molecule has 2 N–H and O–H groups in total. The predicted molar refractivity (Wildman–Crippen MR) is 114 cm³/mol. The molecule has 0 bridgehead atoms. The predicted octanol–water partition coefficient (Wildman–Crippen LogP) is 4.39. The van der Waals surface area contributed by atoms with Gasteiger partial charge in [0.1, 0.15) is 5.82 Å². The van der Waals surface area contributed by atoms with Crippen molar-refractivity contribution in [2.45, 2.75) is 26.7 Å². The molecule has 154 valence electrons. The van der Waals surface area contributed by atoms with Crippen LogP contribution in [0.15, 0.2) is 36.4 Å². The van der Waals surface area contributed by atoms with E-state index in [4.69, 9.17) is 11.6 Å². The van der Waals surface area contributed by atoms with E-state index in [0.717, 1.165) is 16.8 Å². The van der Waals surface area contributed by atoms with Crippen molar-refractivity contribution >= 4 is 34.8 Å². The molecule has 7 heteroatoms. The van der Waals surface area contributed by atoms with Gasteiger partial charge in [-0.15, -0.1) is 0 Å². The van der Waals surface area contributed by atoms with Crippen molar-refractivity contribution in [1.29, 1.82) is 0 Å². The van der Waals surface area contributed by atoms with Gasteiger partial charge in [0.25, 0.3) is 0 Å². The van der Waals surface area contributed by atoms with Crippen LogP contribution in [-0.4, -0.2) is 36.3 Å². The summed E-state index contributed by atoms with van der Waals surface area (Å²) in [6.45, 7) is 5.63. The zero-order valence-electron chi connectivity index (χ0n) is 16.6. The van der Waals surface area contributed by atoms with Crippen LogP contribution in [0.4, 0.5) is 15.8 Å². The Morgan fingerprint density at radius 1 is 1.10 bits per heavy atom. The average Bonchev–Trinajstić information content (AvgIpc) is 2.67. The number of halogens is 2. The summed E-state index contributed by atoms with van der Waals surface area (Å²) in [7, 11) is 0. The molecule has 0 aliphatic carbocycles. The number of carbonyl (C=O) groups excluding carboxylic acids is 2. The van der Waals surface area contributed by atoms with E-state index in [1.807, 2.05) is 32.0 Å². The first-order chi connectivity index (χ1) is 13.8. The number of hydrogen-bond acceptors (Lipinski definition) is 3. The summed E-state index contributed by atoms with van der Waals surface area (Å²) in [6, 6.07) is 10.1. The summed E-state index contributed by atoms with van der Waals surface area (Å²) >= 11 is 5.76. The molecule has 1 fully saturated rings. The Hall–Kier alpha value is -2.44. The number of piperidine rings is 1. The smallest absolute Gasteiger partial charge is 0.238 e. The highest BCUT2D eigenvalue weighted by Gasteiger charge is 2.26. The number of nitrogens with one attached hydrogen (secondary N) is 2. The molecule has 1 aliphatic heterocycles. The minimum absolute atomic E-state index is 0.0209. The quantitative estimate of drug-likeness (QED) is 0.758. The van der Waals surface area contributed by atoms with Crippen LogP contribution in [0.5, 0.6) is 0 Å². The Morgan fingerprint density at radius 3 is 2.48 bits per heavy atom. The Labute approximate surface area is 175 Å². The highest BCUT2D eigenvalue weighted by molar-refractivity contribution is 6.31. The van der Waals surface area contributed by atoms with Crippen LogP contribution in [0.25, 0.3) is 0 Å². The van der Waals surface area contributed by atoms with Crippen molar-refractivity contribution in [2.24, 2.45) is 5.92 Å². The van der Waals surface area contributed by atoms with Crippen molar-refractivity contribution in [1.82, 2.24) is 4.90 Å². The van der Waals surface area contributed by atoms with Gasteiger partial charge in [-0.25, -0.2) is 4.39 Å². The molecule has 0 atom stereocenters. The third-order valence-corrected chi connectivity index (χ3v) is 5.46. The third kappa shape index (κ3) is 5.78. The van der Waals surface area contributed by atoms with Gasteiger partial charge in [0.2, 0.25) is 11.8 Å². The number of anilines is 2. The molecule has 0 radical (unpaired) electrons. The Morgan fingerprint density at radius 2 is 1.83 bits per heavy atom. The molecule has 1 aliphatic rings. The Bertz CT molecular complexity index is 911. The third-order valence-electron chi connectivity index (χ3n) is 5.17. The Kier molecular flexibility index (Phi) is 6.87. The van der Waals surface area contributed by atoms with Crippen LogP contribution in [0.2, 0.25) is 5.02 Å². The van der Waals surface area contributed by atoms with Gasteiger partial charge in [0.05, 0.1) is 11.6 Å². The summed E-state index contributed by atoms with van der Waals surface area (Å²) in [5.74, 6) is -0.817. The first-order valence-corrected chi connectivity index (χ1v) is 10.0. The summed E-state index contributed by atoms with van der Waals surface area (Å²) in [5.41, 5.74) is 3.50. The first-order valence-electron chi connectivity index (χ1n) is 9.67. The molecule has 2 amide bonds. The second-order valence-electron chi connectivity index (χ2n) is 7.54. The molecule has 29 heavy (non-hydrogen) atoms. The van der Waals surface area contributed by atoms with E-state index in [1.165, 1.54) is 18.2 Å². The van der Waals surface area contributed by atoms with Gasteiger partial charge in [0, 0.05) is 17.3 Å². The largest absolute Gasteiger partial charge is 0.326 e. The molecule has 2 aromatic carbocycles. The fourth-order valence-electron chi connectivity index (χ4n) is 3.52. The summed E-state index contributed by atoms with van der Waals surface area (Å²) < 4.78 is 13.2. The normalized spacial score (nSPS) is 15.2. The monoisotopic (exact) mass is 417 g/mol. The van der Waals surface area contributed by atoms with Crippen molar-refractivity contribution in [2.75, 3.05) is 30.3 Å². The van der Waals surface area contributed by atoms with E-state index in [2.05, 4.69) is 15.5 Å². The highest BCUT2D eigenvalue weighted by Crippen LogP contribution is 2.23. The summed E-state index contributed by atoms with van der Waals surface area (Å²) in [6.07, 6.45) is 1.33. The van der Waals surface area contributed by atoms with E-state index in [-0.39, 0.29) is 22.8 Å². The van der Waals surface area contributed by atoms with E-state index >= 15 is 0 Å². The lowest BCUT2D eigenvalue weighted by Crippen LogP contribution is -2.41. The zero-order valence-corrected chi connectivity index (χ0v) is 17.4. The minimum Gasteiger partial charge on any atom is -0.326 e. The molecule has 5 nitrogen and oxygen atoms in total. The summed E-state index contributed by atoms with van der Waals surface area (Å²) in [4.78, 5) is 26.9. The van der Waals surface area contributed by atoms with Crippen LogP contribution in [-0.2, 0) is 9.59 Å². The fourth-order valence-corrected chi connectivity index (χ4v) is 3.70. The lowest BCUT2D eigenvalue weighted by atomic mass is 9.95. The molecule has 1 saturated heterocycles. The van der Waals surface area contributed by atoms with Crippen LogP contribution < -0.4 is 10.6 Å². The van der Waals surface area contributed by atoms with E-state index in [9.17, 15) is 14.0 Å². The first kappa shape index (κ1) is 21.3. The maximum absolute atomic E-state index is 13.2. The van der Waals surface area contributed by atoms with E-state index in [0.29, 0.717) is 38.2 Å². The number of rotatable bonds is 5. The lowest BCUT2D eigenvalue weighted by molar-refractivity contribution is -0.121. The van der Waals surface area contributed by atoms with Crippen LogP contribution in [0, 0.1) is 25.6 Å². The lowest BCUT2D eigenvalue weighted by Gasteiger charge is -2.30. The molecule has 2 aromatic rings. The Balaban J connectivity index is 1.46. The number of benzene rings is 2. The minimum atomic E-state index is -0.517. The van der Waals surface area contributed by atoms with Crippen molar-refractivity contribution in [3.63, 3.8) is 0 Å². The molecular weight excluding hydrogens is 393 g/mol. The number of amides is 2. The maximum atomic E-state index is 13.2. The fraction of sp³-hybridized carbons (Fsp3) is 0.364. The van der Waals surface area contributed by atoms with Gasteiger partial charge < -0.3 is 10.6 Å². The average molecular weight is 418 g/mol. The van der Waals surface area contributed by atoms with Gasteiger partial charge in [-0.3, -0.25) is 14.5 Å². The topological polar surface area (TPSA) is 61.4 Å². The highest BCUT2D eigenvalue weighted by atomic mass is 35.5. The van der Waals surface area contributed by atoms with Crippen LogP contribution >= 0.6 is 11.6 Å². The molecule has 1 heterocycles. The maximum Gasteiger partial charge on any atom is 0.238 e. The van der Waals surface area contributed by atoms with Crippen LogP contribution in [0.3, 0.4) is 0 Å². The number of likely N-dealkylation sites (tertiary alicyclic amines) is 1. The summed E-state index contributed by atoms with van der Waals surface area (Å²) in [5, 5.41) is 5.73. The van der Waals surface area contributed by atoms with Crippen molar-refractivity contribution in [3.05, 3.63) is 58.4 Å². The standard InChI is InChI=1S/C22H25ClFN3O2/c1-14-3-6-20(15(2)11-14)26-21(28)13-27-9-7-16(8-10-27)22(29)25-17-4-5-19(24)18(23)12-17/h3-6,11-12,16H,7-10,13H2,1-2H3,(H,25,29)(H,26,28). The molecule has 0 saturated carbocycles. The van der Waals surface area contributed by atoms with E-state index in [1.54, 1.807) is 0 Å². The van der Waals surface area contributed by atoms with Gasteiger partial charge in [0.15, 0.2) is 0 Å². The molecule has 0 aromatic heterocycles. The molecular formula is C22H25ClFN3O2. The second kappa shape index (κ2) is 9.37. The number of nitrogens with zero attached hydrogens (tertiary/aromatic N) is 1. The van der Waals surface area contributed by atoms with Crippen molar-refractivity contribution < 1.29 is 14.0 Å². The SMILES string of the molecule is Cc1ccc(NC(=O)CN2CCC(C(=O)Nc3ccc(F)c(Cl)c3)CC2)c(C)c1. The van der Waals surface area contributed by atoms with Gasteiger partial charge >= 0.3 is 0 Å². The zero-order chi connectivity index (χ0) is 21.0. The molecule has 0 unspecified atom stereocenters. The second-order valence-corrected chi connectivity index (χ2v) is 7.94. The van der Waals surface area contributed by atoms with Crippen LogP contribution in [0.1, 0.15) is 24.0 Å². The molecule has 3 rings (SSSR count). The van der Waals surface area contributed by atoms with Gasteiger partial charge in [-0.1, -0.05) is 29.3 Å². The number of aryl methyl sites for hydroxylation is 2. The van der Waals surface area contributed by atoms with Gasteiger partial charge in [-0.2, -0.15) is 0 Å². The number of hydrogen-bond donors (Lipinski definition) is 2. The van der Waals surface area contributed by atoms with Gasteiger partial charge in [-0.05, 0) is 69.6 Å². The van der Waals surface area contributed by atoms with Crippen molar-refractivity contribution in [3.8, 4) is 0 Å². The number of carbonyl (C=O) groups is 2. The molecule has 0 spiro atoms. The van der Waals surface area contributed by atoms with E-state index < -0.39 is 5.82 Å².